The van der Waals surface area contributed by atoms with Crippen LogP contribution in [0, 0.1) is 10.1 Å². The molecular formula is C12H10BrClN4O3. The Balaban J connectivity index is 2.39. The molecule has 1 aromatic carbocycles. The Morgan fingerprint density at radius 3 is 2.90 bits per heavy atom. The number of aromatic nitrogens is 2. The fourth-order valence-corrected chi connectivity index (χ4v) is 2.13. The van der Waals surface area contributed by atoms with Crippen LogP contribution >= 0.6 is 27.5 Å². The number of rotatable bonds is 5. The second kappa shape index (κ2) is 6.68. The van der Waals surface area contributed by atoms with Gasteiger partial charge in [-0.3, -0.25) is 10.1 Å². The molecule has 0 aliphatic rings. The van der Waals surface area contributed by atoms with Gasteiger partial charge in [-0.25, -0.2) is 9.97 Å². The Morgan fingerprint density at radius 2 is 2.24 bits per heavy atom. The van der Waals surface area contributed by atoms with Crippen molar-refractivity contribution in [3.8, 4) is 11.6 Å². The fourth-order valence-electron chi connectivity index (χ4n) is 1.54. The third-order valence-corrected chi connectivity index (χ3v) is 3.38. The summed E-state index contributed by atoms with van der Waals surface area (Å²) in [6, 6.07) is 4.14. The first-order valence-corrected chi connectivity index (χ1v) is 7.06. The molecule has 2 aromatic rings. The molecule has 0 aliphatic heterocycles. The average molecular weight is 374 g/mol. The number of nitrogens with one attached hydrogen (secondary N) is 1. The van der Waals surface area contributed by atoms with E-state index >= 15 is 0 Å². The zero-order valence-corrected chi connectivity index (χ0v) is 13.2. The molecular weight excluding hydrogens is 364 g/mol. The largest absolute Gasteiger partial charge is 0.430 e. The van der Waals surface area contributed by atoms with Gasteiger partial charge in [0.15, 0.2) is 0 Å². The van der Waals surface area contributed by atoms with Gasteiger partial charge in [-0.05, 0) is 35.0 Å². The summed E-state index contributed by atoms with van der Waals surface area (Å²) in [6.07, 6.45) is 1.31. The van der Waals surface area contributed by atoms with Crippen LogP contribution in [0.3, 0.4) is 0 Å². The minimum absolute atomic E-state index is 0.0475. The van der Waals surface area contributed by atoms with Crippen molar-refractivity contribution in [1.82, 2.24) is 9.97 Å². The van der Waals surface area contributed by atoms with Gasteiger partial charge in [0.2, 0.25) is 11.6 Å². The molecule has 0 saturated heterocycles. The molecule has 0 bridgehead atoms. The van der Waals surface area contributed by atoms with Gasteiger partial charge in [0.05, 0.1) is 4.92 Å². The number of nitro benzene ring substituents is 1. The predicted molar refractivity (Wildman–Crippen MR) is 82.1 cm³/mol. The summed E-state index contributed by atoms with van der Waals surface area (Å²) in [5.41, 5.74) is -0.238. The lowest BCUT2D eigenvalue weighted by Crippen LogP contribution is -2.02. The van der Waals surface area contributed by atoms with Gasteiger partial charge in [-0.1, -0.05) is 11.6 Å². The van der Waals surface area contributed by atoms with Gasteiger partial charge in [0.1, 0.15) is 16.6 Å². The molecule has 0 saturated carbocycles. The molecule has 1 aromatic heterocycles. The summed E-state index contributed by atoms with van der Waals surface area (Å²) < 4.78 is 5.99. The maximum Gasteiger partial charge on any atom is 0.313 e. The van der Waals surface area contributed by atoms with Crippen LogP contribution in [0.15, 0.2) is 29.0 Å². The highest BCUT2D eigenvalue weighted by atomic mass is 79.9. The van der Waals surface area contributed by atoms with Crippen molar-refractivity contribution in [2.45, 2.75) is 6.92 Å². The molecule has 0 fully saturated rings. The van der Waals surface area contributed by atoms with Crippen molar-refractivity contribution in [1.29, 1.82) is 0 Å². The monoisotopic (exact) mass is 372 g/mol. The van der Waals surface area contributed by atoms with E-state index in [-0.39, 0.29) is 22.3 Å². The molecule has 1 heterocycles. The minimum Gasteiger partial charge on any atom is -0.430 e. The molecule has 0 spiro atoms. The van der Waals surface area contributed by atoms with Crippen molar-refractivity contribution < 1.29 is 9.66 Å². The zero-order chi connectivity index (χ0) is 15.4. The Bertz CT molecular complexity index is 684. The predicted octanol–water partition coefficient (Wildman–Crippen LogP) is 4.02. The van der Waals surface area contributed by atoms with E-state index in [2.05, 4.69) is 31.2 Å². The highest BCUT2D eigenvalue weighted by molar-refractivity contribution is 9.10. The number of anilines is 1. The number of nitro groups is 1. The summed E-state index contributed by atoms with van der Waals surface area (Å²) in [7, 11) is 0. The highest BCUT2D eigenvalue weighted by Crippen LogP contribution is 2.37. The van der Waals surface area contributed by atoms with Gasteiger partial charge in [-0.2, -0.15) is 0 Å². The second-order valence-electron chi connectivity index (χ2n) is 3.84. The summed E-state index contributed by atoms with van der Waals surface area (Å²) >= 11 is 9.06. The van der Waals surface area contributed by atoms with Gasteiger partial charge in [0, 0.05) is 17.6 Å². The van der Waals surface area contributed by atoms with Crippen molar-refractivity contribution in [2.75, 3.05) is 11.9 Å². The Morgan fingerprint density at radius 1 is 1.48 bits per heavy atom. The molecule has 9 heteroatoms. The number of hydrogen-bond acceptors (Lipinski definition) is 6. The first-order chi connectivity index (χ1) is 10.0. The van der Waals surface area contributed by atoms with Gasteiger partial charge in [0.25, 0.3) is 0 Å². The normalized spacial score (nSPS) is 10.2. The smallest absolute Gasteiger partial charge is 0.313 e. The molecule has 0 radical (unpaired) electrons. The Hall–Kier alpha value is -1.93. The number of benzene rings is 1. The van der Waals surface area contributed by atoms with Crippen LogP contribution in [-0.4, -0.2) is 21.4 Å². The van der Waals surface area contributed by atoms with E-state index in [0.29, 0.717) is 16.8 Å². The van der Waals surface area contributed by atoms with Crippen molar-refractivity contribution in [3.63, 3.8) is 0 Å². The third-order valence-electron chi connectivity index (χ3n) is 2.43. The van der Waals surface area contributed by atoms with E-state index in [9.17, 15) is 10.1 Å². The molecule has 0 aliphatic carbocycles. The molecule has 0 unspecified atom stereocenters. The third kappa shape index (κ3) is 3.59. The molecule has 2 rings (SSSR count). The van der Waals surface area contributed by atoms with E-state index in [1.807, 2.05) is 6.92 Å². The highest BCUT2D eigenvalue weighted by Gasteiger charge is 2.19. The van der Waals surface area contributed by atoms with Crippen molar-refractivity contribution in [2.24, 2.45) is 0 Å². The lowest BCUT2D eigenvalue weighted by molar-refractivity contribution is -0.385. The average Bonchev–Trinajstić information content (AvgIpc) is 2.45. The van der Waals surface area contributed by atoms with E-state index in [1.165, 1.54) is 24.5 Å². The SMILES string of the molecule is CCNc1ncnc(Oc2ccc(Cl)cc2[N+](=O)[O-])c1Br. The maximum atomic E-state index is 11.0. The van der Waals surface area contributed by atoms with E-state index in [4.69, 9.17) is 16.3 Å². The minimum atomic E-state index is -0.568. The number of halogens is 2. The molecule has 0 amide bonds. The number of hydrogen-bond donors (Lipinski definition) is 1. The van der Waals surface area contributed by atoms with Crippen molar-refractivity contribution >= 4 is 39.0 Å². The lowest BCUT2D eigenvalue weighted by Gasteiger charge is -2.10. The first-order valence-electron chi connectivity index (χ1n) is 5.89. The van der Waals surface area contributed by atoms with Crippen molar-refractivity contribution in [3.05, 3.63) is 44.1 Å². The maximum absolute atomic E-state index is 11.0. The van der Waals surface area contributed by atoms with Crippen LogP contribution < -0.4 is 10.1 Å². The van der Waals surface area contributed by atoms with Crippen LogP contribution in [-0.2, 0) is 0 Å². The van der Waals surface area contributed by atoms with Crippen LogP contribution in [0.1, 0.15) is 6.92 Å². The topological polar surface area (TPSA) is 90.2 Å². The van der Waals surface area contributed by atoms with E-state index < -0.39 is 4.92 Å². The molecule has 7 nitrogen and oxygen atoms in total. The van der Waals surface area contributed by atoms with E-state index in [1.54, 1.807) is 0 Å². The quantitative estimate of drug-likeness (QED) is 0.628. The summed E-state index contributed by atoms with van der Waals surface area (Å²) in [5.74, 6) is 0.761. The first kappa shape index (κ1) is 15.5. The standard InChI is InChI=1S/C12H10BrClN4O3/c1-2-15-11-10(13)12(17-6-16-11)21-9-4-3-7(14)5-8(9)18(19)20/h3-6H,2H2,1H3,(H,15,16,17). The molecule has 110 valence electrons. The van der Waals surface area contributed by atoms with Crippen LogP contribution in [0.2, 0.25) is 5.02 Å². The van der Waals surface area contributed by atoms with Gasteiger partial charge < -0.3 is 10.1 Å². The summed E-state index contributed by atoms with van der Waals surface area (Å²) in [6.45, 7) is 2.58. The van der Waals surface area contributed by atoms with E-state index in [0.717, 1.165) is 0 Å². The summed E-state index contributed by atoms with van der Waals surface area (Å²) in [4.78, 5) is 18.5. The van der Waals surface area contributed by atoms with Gasteiger partial charge >= 0.3 is 5.69 Å². The van der Waals surface area contributed by atoms with Gasteiger partial charge in [-0.15, -0.1) is 0 Å². The molecule has 0 atom stereocenters. The van der Waals surface area contributed by atoms with Crippen LogP contribution in [0.4, 0.5) is 11.5 Å². The summed E-state index contributed by atoms with van der Waals surface area (Å²) in [5, 5.41) is 14.3. The fraction of sp³-hybridized carbons (Fsp3) is 0.167. The lowest BCUT2D eigenvalue weighted by atomic mass is 10.3. The Labute approximate surface area is 133 Å². The molecule has 21 heavy (non-hydrogen) atoms. The number of nitrogens with zero attached hydrogens (tertiary/aromatic N) is 3. The zero-order valence-electron chi connectivity index (χ0n) is 10.8. The van der Waals surface area contributed by atoms with Crippen LogP contribution in [0.5, 0.6) is 11.6 Å². The second-order valence-corrected chi connectivity index (χ2v) is 5.07. The Kier molecular flexibility index (Phi) is 4.92. The van der Waals surface area contributed by atoms with Crippen LogP contribution in [0.25, 0.3) is 0 Å². The number of ether oxygens (including phenoxy) is 1. The molecule has 1 N–H and O–H groups in total.